The first-order chi connectivity index (χ1) is 12.0. The van der Waals surface area contributed by atoms with E-state index in [4.69, 9.17) is 0 Å². The van der Waals surface area contributed by atoms with E-state index in [1.165, 1.54) is 5.56 Å². The number of hydrogen-bond donors (Lipinski definition) is 2. The summed E-state index contributed by atoms with van der Waals surface area (Å²) in [5.41, 5.74) is 4.19. The Morgan fingerprint density at radius 1 is 1.16 bits per heavy atom. The van der Waals surface area contributed by atoms with E-state index in [0.717, 1.165) is 29.8 Å². The largest absolute Gasteiger partial charge is 0.387 e. The average molecular weight is 338 g/mol. The molecular weight excluding hydrogens is 312 g/mol. The van der Waals surface area contributed by atoms with Crippen molar-refractivity contribution in [3.05, 3.63) is 65.2 Å². The minimum Gasteiger partial charge on any atom is -0.387 e. The molecule has 1 aliphatic heterocycles. The number of rotatable bonds is 6. The third-order valence-corrected chi connectivity index (χ3v) is 4.83. The quantitative estimate of drug-likeness (QED) is 0.847. The van der Waals surface area contributed by atoms with Crippen molar-refractivity contribution in [2.45, 2.75) is 38.8 Å². The molecule has 0 saturated carbocycles. The van der Waals surface area contributed by atoms with E-state index < -0.39 is 6.10 Å². The predicted octanol–water partition coefficient (Wildman–Crippen LogP) is 3.51. The van der Waals surface area contributed by atoms with Crippen LogP contribution in [0, 0.1) is 6.92 Å². The van der Waals surface area contributed by atoms with Crippen LogP contribution in [0.15, 0.2) is 48.5 Å². The predicted molar refractivity (Wildman–Crippen MR) is 101 cm³/mol. The molecule has 3 rings (SSSR count). The van der Waals surface area contributed by atoms with E-state index in [9.17, 15) is 9.90 Å². The average Bonchev–Trinajstić information content (AvgIpc) is 3.06. The van der Waals surface area contributed by atoms with Crippen LogP contribution in [-0.4, -0.2) is 24.1 Å². The van der Waals surface area contributed by atoms with E-state index in [0.29, 0.717) is 13.0 Å². The Bertz CT molecular complexity index is 727. The standard InChI is InChI=1S/C21H26N2O2/c1-15-8-10-17(11-9-15)20(24)14-22-16(2)18-5-3-6-19(13-18)23-12-4-7-21(23)25/h3,5-6,8-11,13,16,20,22,24H,4,7,12,14H2,1-2H3. The molecule has 1 heterocycles. The highest BCUT2D eigenvalue weighted by molar-refractivity contribution is 5.95. The van der Waals surface area contributed by atoms with Gasteiger partial charge in [-0.25, -0.2) is 0 Å². The first-order valence-corrected chi connectivity index (χ1v) is 8.93. The number of nitrogens with one attached hydrogen (secondary N) is 1. The molecule has 2 N–H and O–H groups in total. The molecule has 4 heteroatoms. The van der Waals surface area contributed by atoms with Gasteiger partial charge in [-0.3, -0.25) is 4.79 Å². The lowest BCUT2D eigenvalue weighted by atomic mass is 10.0. The Balaban J connectivity index is 1.62. The van der Waals surface area contributed by atoms with Crippen LogP contribution in [0.2, 0.25) is 0 Å². The first-order valence-electron chi connectivity index (χ1n) is 8.93. The van der Waals surface area contributed by atoms with Gasteiger partial charge in [-0.1, -0.05) is 42.0 Å². The molecule has 0 bridgehead atoms. The van der Waals surface area contributed by atoms with Crippen LogP contribution >= 0.6 is 0 Å². The summed E-state index contributed by atoms with van der Waals surface area (Å²) in [4.78, 5) is 13.8. The zero-order chi connectivity index (χ0) is 17.8. The molecule has 1 amide bonds. The number of carbonyl (C=O) groups is 1. The first kappa shape index (κ1) is 17.6. The van der Waals surface area contributed by atoms with Gasteiger partial charge in [0.25, 0.3) is 0 Å². The van der Waals surface area contributed by atoms with Crippen molar-refractivity contribution in [3.8, 4) is 0 Å². The summed E-state index contributed by atoms with van der Waals surface area (Å²) in [5.74, 6) is 0.201. The highest BCUT2D eigenvalue weighted by atomic mass is 16.3. The topological polar surface area (TPSA) is 52.6 Å². The summed E-state index contributed by atoms with van der Waals surface area (Å²) < 4.78 is 0. The highest BCUT2D eigenvalue weighted by Gasteiger charge is 2.22. The van der Waals surface area contributed by atoms with Gasteiger partial charge in [0.1, 0.15) is 0 Å². The molecule has 2 atom stereocenters. The maximum atomic E-state index is 11.9. The van der Waals surface area contributed by atoms with Gasteiger partial charge >= 0.3 is 0 Å². The summed E-state index contributed by atoms with van der Waals surface area (Å²) in [5, 5.41) is 13.7. The van der Waals surface area contributed by atoms with Crippen molar-refractivity contribution in [3.63, 3.8) is 0 Å². The van der Waals surface area contributed by atoms with Crippen molar-refractivity contribution >= 4 is 11.6 Å². The molecule has 0 radical (unpaired) electrons. The number of aryl methyl sites for hydroxylation is 1. The Hall–Kier alpha value is -2.17. The van der Waals surface area contributed by atoms with E-state index in [1.54, 1.807) is 0 Å². The van der Waals surface area contributed by atoms with Gasteiger partial charge in [-0.15, -0.1) is 0 Å². The van der Waals surface area contributed by atoms with Gasteiger partial charge in [0.05, 0.1) is 6.10 Å². The second-order valence-corrected chi connectivity index (χ2v) is 6.80. The number of benzene rings is 2. The van der Waals surface area contributed by atoms with Gasteiger partial charge in [0, 0.05) is 31.2 Å². The number of aliphatic hydroxyl groups excluding tert-OH is 1. The van der Waals surface area contributed by atoms with Crippen LogP contribution in [0.1, 0.15) is 48.6 Å². The van der Waals surface area contributed by atoms with Crippen molar-refractivity contribution < 1.29 is 9.90 Å². The fourth-order valence-electron chi connectivity index (χ4n) is 3.20. The maximum absolute atomic E-state index is 11.9. The lowest BCUT2D eigenvalue weighted by Crippen LogP contribution is -2.26. The smallest absolute Gasteiger partial charge is 0.227 e. The Labute approximate surface area is 149 Å². The summed E-state index contributed by atoms with van der Waals surface area (Å²) >= 11 is 0. The number of nitrogens with zero attached hydrogens (tertiary/aromatic N) is 1. The molecule has 2 aromatic carbocycles. The fraction of sp³-hybridized carbons (Fsp3) is 0.381. The molecule has 2 aromatic rings. The molecule has 1 saturated heterocycles. The Kier molecular flexibility index (Phi) is 5.51. The molecule has 0 aliphatic carbocycles. The minimum atomic E-state index is -0.536. The fourth-order valence-corrected chi connectivity index (χ4v) is 3.20. The Morgan fingerprint density at radius 3 is 2.60 bits per heavy atom. The molecule has 1 fully saturated rings. The molecule has 1 aliphatic rings. The second-order valence-electron chi connectivity index (χ2n) is 6.80. The molecular formula is C21H26N2O2. The van der Waals surface area contributed by atoms with E-state index in [2.05, 4.69) is 24.4 Å². The van der Waals surface area contributed by atoms with Gasteiger partial charge < -0.3 is 15.3 Å². The lowest BCUT2D eigenvalue weighted by molar-refractivity contribution is -0.117. The van der Waals surface area contributed by atoms with Gasteiger partial charge in [0.2, 0.25) is 5.91 Å². The second kappa shape index (κ2) is 7.81. The summed E-state index contributed by atoms with van der Waals surface area (Å²) in [6.45, 7) is 5.40. The number of carbonyl (C=O) groups excluding carboxylic acids is 1. The van der Waals surface area contributed by atoms with Gasteiger partial charge in [0.15, 0.2) is 0 Å². The molecule has 132 valence electrons. The van der Waals surface area contributed by atoms with Crippen molar-refractivity contribution in [1.82, 2.24) is 5.32 Å². The van der Waals surface area contributed by atoms with Crippen LogP contribution in [-0.2, 0) is 4.79 Å². The number of anilines is 1. The minimum absolute atomic E-state index is 0.0951. The van der Waals surface area contributed by atoms with E-state index >= 15 is 0 Å². The van der Waals surface area contributed by atoms with Crippen LogP contribution in [0.3, 0.4) is 0 Å². The molecule has 4 nitrogen and oxygen atoms in total. The number of aliphatic hydroxyl groups is 1. The van der Waals surface area contributed by atoms with E-state index in [1.807, 2.05) is 48.2 Å². The number of hydrogen-bond acceptors (Lipinski definition) is 3. The van der Waals surface area contributed by atoms with Crippen LogP contribution in [0.4, 0.5) is 5.69 Å². The molecule has 0 spiro atoms. The SMILES string of the molecule is Cc1ccc(C(O)CNC(C)c2cccc(N3CCCC3=O)c2)cc1. The molecule has 0 aromatic heterocycles. The van der Waals surface area contributed by atoms with Gasteiger partial charge in [-0.2, -0.15) is 0 Å². The summed E-state index contributed by atoms with van der Waals surface area (Å²) in [7, 11) is 0. The molecule has 25 heavy (non-hydrogen) atoms. The van der Waals surface area contributed by atoms with Gasteiger partial charge in [-0.05, 0) is 43.5 Å². The van der Waals surface area contributed by atoms with Crippen molar-refractivity contribution in [2.24, 2.45) is 0 Å². The van der Waals surface area contributed by atoms with Crippen molar-refractivity contribution in [2.75, 3.05) is 18.0 Å². The van der Waals surface area contributed by atoms with Crippen LogP contribution in [0.5, 0.6) is 0 Å². The third kappa shape index (κ3) is 4.27. The zero-order valence-corrected chi connectivity index (χ0v) is 14.9. The summed E-state index contributed by atoms with van der Waals surface area (Å²) in [6.07, 6.45) is 1.03. The van der Waals surface area contributed by atoms with Crippen molar-refractivity contribution in [1.29, 1.82) is 0 Å². The maximum Gasteiger partial charge on any atom is 0.227 e. The molecule has 2 unspecified atom stereocenters. The Morgan fingerprint density at radius 2 is 1.92 bits per heavy atom. The summed E-state index contributed by atoms with van der Waals surface area (Å²) in [6, 6.07) is 16.2. The highest BCUT2D eigenvalue weighted by Crippen LogP contribution is 2.25. The van der Waals surface area contributed by atoms with Crippen LogP contribution in [0.25, 0.3) is 0 Å². The van der Waals surface area contributed by atoms with E-state index in [-0.39, 0.29) is 11.9 Å². The number of amides is 1. The normalized spacial score (nSPS) is 16.9. The lowest BCUT2D eigenvalue weighted by Gasteiger charge is -2.21. The zero-order valence-electron chi connectivity index (χ0n) is 14.9. The monoisotopic (exact) mass is 338 g/mol. The third-order valence-electron chi connectivity index (χ3n) is 4.83. The van der Waals surface area contributed by atoms with Crippen LogP contribution < -0.4 is 10.2 Å².